The Labute approximate surface area is 99.3 Å². The van der Waals surface area contributed by atoms with E-state index in [4.69, 9.17) is 0 Å². The van der Waals surface area contributed by atoms with Crippen molar-refractivity contribution < 1.29 is 0 Å². The Bertz CT molecular complexity index is 296. The number of hydrogen-bond acceptors (Lipinski definition) is 2. The summed E-state index contributed by atoms with van der Waals surface area (Å²) in [5.74, 6) is 1.11. The van der Waals surface area contributed by atoms with E-state index in [1.807, 2.05) is 19.4 Å². The van der Waals surface area contributed by atoms with E-state index in [1.54, 1.807) is 0 Å². The van der Waals surface area contributed by atoms with Crippen LogP contribution in [0.1, 0.15) is 45.9 Å². The molecule has 1 aromatic rings. The number of nitrogens with one attached hydrogen (secondary N) is 1. The van der Waals surface area contributed by atoms with Crippen molar-refractivity contribution in [3.05, 3.63) is 18.2 Å². The second-order valence-electron chi connectivity index (χ2n) is 5.65. The first kappa shape index (κ1) is 13.2. The highest BCUT2D eigenvalue weighted by Crippen LogP contribution is 2.21. The Morgan fingerprint density at radius 1 is 1.31 bits per heavy atom. The van der Waals surface area contributed by atoms with E-state index >= 15 is 0 Å². The number of aryl methyl sites for hydroxylation is 1. The lowest BCUT2D eigenvalue weighted by atomic mass is 9.90. The maximum Gasteiger partial charge on any atom is 0.122 e. The minimum Gasteiger partial charge on any atom is -0.337 e. The molecule has 0 aliphatic carbocycles. The average molecular weight is 223 g/mol. The first-order chi connectivity index (χ1) is 7.49. The predicted octanol–water partition coefficient (Wildman–Crippen LogP) is 2.73. The fourth-order valence-electron chi connectivity index (χ4n) is 1.67. The average Bonchev–Trinajstić information content (AvgIpc) is 2.56. The molecule has 92 valence electrons. The van der Waals surface area contributed by atoms with Crippen LogP contribution in [0.4, 0.5) is 0 Å². The highest BCUT2D eigenvalue weighted by atomic mass is 15.1. The van der Waals surface area contributed by atoms with Crippen LogP contribution < -0.4 is 5.32 Å². The van der Waals surface area contributed by atoms with E-state index in [-0.39, 0.29) is 0 Å². The van der Waals surface area contributed by atoms with Gasteiger partial charge >= 0.3 is 0 Å². The fraction of sp³-hybridized carbons (Fsp3) is 0.769. The Hall–Kier alpha value is -0.830. The van der Waals surface area contributed by atoms with Crippen LogP contribution in [-0.2, 0) is 13.6 Å². The van der Waals surface area contributed by atoms with Gasteiger partial charge in [0, 0.05) is 19.4 Å². The van der Waals surface area contributed by atoms with E-state index in [2.05, 4.69) is 35.6 Å². The monoisotopic (exact) mass is 223 g/mol. The van der Waals surface area contributed by atoms with Gasteiger partial charge in [0.05, 0.1) is 6.54 Å². The lowest BCUT2D eigenvalue weighted by Gasteiger charge is -2.17. The molecule has 16 heavy (non-hydrogen) atoms. The fourth-order valence-corrected chi connectivity index (χ4v) is 1.67. The van der Waals surface area contributed by atoms with Gasteiger partial charge in [0.25, 0.3) is 0 Å². The Morgan fingerprint density at radius 2 is 2.06 bits per heavy atom. The molecular formula is C13H25N3. The zero-order chi connectivity index (χ0) is 12.0. The standard InChI is InChI=1S/C13H25N3/c1-13(2,3)7-5-6-8-14-11-12-15-9-10-16(12)4/h9-10,14H,5-8,11H2,1-4H3. The summed E-state index contributed by atoms with van der Waals surface area (Å²) in [6, 6.07) is 0. The molecule has 0 aliphatic rings. The summed E-state index contributed by atoms with van der Waals surface area (Å²) in [4.78, 5) is 4.27. The van der Waals surface area contributed by atoms with Crippen LogP contribution in [0.15, 0.2) is 12.4 Å². The zero-order valence-corrected chi connectivity index (χ0v) is 11.1. The van der Waals surface area contributed by atoms with Gasteiger partial charge in [-0.05, 0) is 24.8 Å². The number of rotatable bonds is 6. The van der Waals surface area contributed by atoms with Gasteiger partial charge in [0.1, 0.15) is 5.82 Å². The molecule has 1 aromatic heterocycles. The van der Waals surface area contributed by atoms with Gasteiger partial charge in [-0.2, -0.15) is 0 Å². The molecule has 0 radical (unpaired) electrons. The van der Waals surface area contributed by atoms with Crippen molar-refractivity contribution in [3.8, 4) is 0 Å². The molecule has 0 spiro atoms. The minimum absolute atomic E-state index is 0.472. The summed E-state index contributed by atoms with van der Waals surface area (Å²) in [6.07, 6.45) is 7.68. The molecule has 0 saturated heterocycles. The number of unbranched alkanes of at least 4 members (excludes halogenated alkanes) is 1. The largest absolute Gasteiger partial charge is 0.337 e. The van der Waals surface area contributed by atoms with Crippen LogP contribution in [0.2, 0.25) is 0 Å². The van der Waals surface area contributed by atoms with E-state index in [0.29, 0.717) is 5.41 Å². The molecule has 0 atom stereocenters. The first-order valence-corrected chi connectivity index (χ1v) is 6.16. The van der Waals surface area contributed by atoms with Crippen LogP contribution >= 0.6 is 0 Å². The lowest BCUT2D eigenvalue weighted by molar-refractivity contribution is 0.358. The molecule has 0 saturated carbocycles. The van der Waals surface area contributed by atoms with Crippen molar-refractivity contribution in [1.82, 2.24) is 14.9 Å². The van der Waals surface area contributed by atoms with Crippen molar-refractivity contribution in [1.29, 1.82) is 0 Å². The molecule has 0 bridgehead atoms. The van der Waals surface area contributed by atoms with Crippen LogP contribution in [-0.4, -0.2) is 16.1 Å². The van der Waals surface area contributed by atoms with Gasteiger partial charge in [-0.1, -0.05) is 27.2 Å². The summed E-state index contributed by atoms with van der Waals surface area (Å²) >= 11 is 0. The van der Waals surface area contributed by atoms with Gasteiger partial charge < -0.3 is 9.88 Å². The molecule has 3 nitrogen and oxygen atoms in total. The van der Waals surface area contributed by atoms with Crippen molar-refractivity contribution >= 4 is 0 Å². The van der Waals surface area contributed by atoms with Gasteiger partial charge in [-0.3, -0.25) is 0 Å². The number of imidazole rings is 1. The summed E-state index contributed by atoms with van der Waals surface area (Å²) in [5, 5.41) is 3.43. The summed E-state index contributed by atoms with van der Waals surface area (Å²) < 4.78 is 2.06. The van der Waals surface area contributed by atoms with Crippen molar-refractivity contribution in [2.24, 2.45) is 12.5 Å². The smallest absolute Gasteiger partial charge is 0.122 e. The van der Waals surface area contributed by atoms with Crippen molar-refractivity contribution in [3.63, 3.8) is 0 Å². The molecule has 0 amide bonds. The molecule has 3 heteroatoms. The van der Waals surface area contributed by atoms with Gasteiger partial charge in [-0.15, -0.1) is 0 Å². The molecule has 1 heterocycles. The summed E-state index contributed by atoms with van der Waals surface area (Å²) in [5.41, 5.74) is 0.472. The third kappa shape index (κ3) is 5.31. The molecule has 0 aromatic carbocycles. The maximum atomic E-state index is 4.27. The highest BCUT2D eigenvalue weighted by molar-refractivity contribution is 4.90. The third-order valence-corrected chi connectivity index (χ3v) is 2.73. The van der Waals surface area contributed by atoms with Crippen LogP contribution in [0.25, 0.3) is 0 Å². The van der Waals surface area contributed by atoms with E-state index in [9.17, 15) is 0 Å². The van der Waals surface area contributed by atoms with Crippen LogP contribution in [0.5, 0.6) is 0 Å². The lowest BCUT2D eigenvalue weighted by Crippen LogP contribution is -2.17. The third-order valence-electron chi connectivity index (χ3n) is 2.73. The molecule has 0 unspecified atom stereocenters. The Morgan fingerprint density at radius 3 is 2.62 bits per heavy atom. The minimum atomic E-state index is 0.472. The van der Waals surface area contributed by atoms with Crippen LogP contribution in [0, 0.1) is 5.41 Å². The predicted molar refractivity (Wildman–Crippen MR) is 68.2 cm³/mol. The maximum absolute atomic E-state index is 4.27. The second-order valence-corrected chi connectivity index (χ2v) is 5.65. The zero-order valence-electron chi connectivity index (χ0n) is 11.1. The Kier molecular flexibility index (Phi) is 5.00. The topological polar surface area (TPSA) is 29.9 Å². The van der Waals surface area contributed by atoms with E-state index in [1.165, 1.54) is 19.3 Å². The SMILES string of the molecule is Cn1ccnc1CNCCCCC(C)(C)C. The van der Waals surface area contributed by atoms with E-state index < -0.39 is 0 Å². The summed E-state index contributed by atoms with van der Waals surface area (Å²) in [6.45, 7) is 8.86. The quantitative estimate of drug-likeness (QED) is 0.752. The molecule has 1 N–H and O–H groups in total. The van der Waals surface area contributed by atoms with Crippen molar-refractivity contribution in [2.45, 2.75) is 46.6 Å². The van der Waals surface area contributed by atoms with Gasteiger partial charge in [0.15, 0.2) is 0 Å². The summed E-state index contributed by atoms with van der Waals surface area (Å²) in [7, 11) is 2.03. The molecule has 1 rings (SSSR count). The molecule has 0 fully saturated rings. The number of aromatic nitrogens is 2. The van der Waals surface area contributed by atoms with Gasteiger partial charge in [0.2, 0.25) is 0 Å². The molecular weight excluding hydrogens is 198 g/mol. The first-order valence-electron chi connectivity index (χ1n) is 6.16. The molecule has 0 aliphatic heterocycles. The number of hydrogen-bond donors (Lipinski definition) is 1. The second kappa shape index (κ2) is 6.04. The van der Waals surface area contributed by atoms with Crippen molar-refractivity contribution in [2.75, 3.05) is 6.54 Å². The Balaban J connectivity index is 2.03. The van der Waals surface area contributed by atoms with Crippen LogP contribution in [0.3, 0.4) is 0 Å². The number of nitrogens with zero attached hydrogens (tertiary/aromatic N) is 2. The van der Waals surface area contributed by atoms with Gasteiger partial charge in [-0.25, -0.2) is 4.98 Å². The normalized spacial score (nSPS) is 12.0. The van der Waals surface area contributed by atoms with E-state index in [0.717, 1.165) is 18.9 Å². The highest BCUT2D eigenvalue weighted by Gasteiger charge is 2.08.